The van der Waals surface area contributed by atoms with Gasteiger partial charge in [0.1, 0.15) is 5.82 Å². The first kappa shape index (κ1) is 17.0. The van der Waals surface area contributed by atoms with Crippen LogP contribution in [0.2, 0.25) is 0 Å². The Kier molecular flexibility index (Phi) is 3.99. The maximum Gasteiger partial charge on any atom is 0.332 e. The van der Waals surface area contributed by atoms with E-state index in [2.05, 4.69) is 21.2 Å². The molecule has 2 aliphatic rings. The number of allylic oxidation sites excluding steroid dienone is 2. The number of aromatic nitrogens is 2. The van der Waals surface area contributed by atoms with Crippen LogP contribution < -0.4 is 16.6 Å². The van der Waals surface area contributed by atoms with Crippen LogP contribution in [0.25, 0.3) is 0 Å². The van der Waals surface area contributed by atoms with Crippen molar-refractivity contribution in [2.45, 2.75) is 25.2 Å². The summed E-state index contributed by atoms with van der Waals surface area (Å²) < 4.78 is 3.38. The van der Waals surface area contributed by atoms with Crippen molar-refractivity contribution in [3.63, 3.8) is 0 Å². The van der Waals surface area contributed by atoms with Crippen molar-refractivity contribution in [3.8, 4) is 0 Å². The van der Waals surface area contributed by atoms with Gasteiger partial charge >= 0.3 is 5.69 Å². The van der Waals surface area contributed by atoms with E-state index < -0.39 is 11.6 Å². The molecule has 0 bridgehead atoms. The lowest BCUT2D eigenvalue weighted by molar-refractivity contribution is -0.116. The zero-order chi connectivity index (χ0) is 18.6. The molecule has 26 heavy (non-hydrogen) atoms. The van der Waals surface area contributed by atoms with Gasteiger partial charge in [0.2, 0.25) is 0 Å². The van der Waals surface area contributed by atoms with Crippen LogP contribution in [0.4, 0.5) is 5.82 Å². The van der Waals surface area contributed by atoms with Gasteiger partial charge in [0, 0.05) is 42.2 Å². The Labute approximate surface area is 158 Å². The molecule has 2 aromatic rings. The van der Waals surface area contributed by atoms with Crippen molar-refractivity contribution in [2.75, 3.05) is 5.32 Å². The van der Waals surface area contributed by atoms with E-state index in [1.807, 2.05) is 24.3 Å². The summed E-state index contributed by atoms with van der Waals surface area (Å²) in [6.45, 7) is 0. The highest BCUT2D eigenvalue weighted by Gasteiger charge is 2.39. The van der Waals surface area contributed by atoms with Crippen molar-refractivity contribution in [3.05, 3.63) is 72.0 Å². The number of rotatable bonds is 1. The smallest absolute Gasteiger partial charge is 0.332 e. The standard InChI is InChI=1S/C19H18BrN3O3/c1-22-17-16(18(25)23(2)19(22)26)14(10-6-3-4-7-11(10)20)15-12(21-17)8-5-9-13(15)24/h3-4,6-7,14,21H,5,8-9H2,1-2H3/t14-/m1/s1. The monoisotopic (exact) mass is 415 g/mol. The molecule has 0 spiro atoms. The molecule has 1 atom stereocenters. The average molecular weight is 416 g/mol. The summed E-state index contributed by atoms with van der Waals surface area (Å²) in [6.07, 6.45) is 1.97. The number of hydrogen-bond donors (Lipinski definition) is 1. The molecule has 134 valence electrons. The van der Waals surface area contributed by atoms with Crippen LogP contribution in [0.1, 0.15) is 36.3 Å². The third-order valence-electron chi connectivity index (χ3n) is 5.22. The van der Waals surface area contributed by atoms with Gasteiger partial charge in [-0.15, -0.1) is 0 Å². The molecule has 4 rings (SSSR count). The normalized spacial score (nSPS) is 19.0. The number of Topliss-reactive ketones (excluding diaryl/α,β-unsaturated/α-hetero) is 1. The second-order valence-electron chi connectivity index (χ2n) is 6.72. The van der Waals surface area contributed by atoms with E-state index in [4.69, 9.17) is 0 Å². The lowest BCUT2D eigenvalue weighted by atomic mass is 9.76. The van der Waals surface area contributed by atoms with Gasteiger partial charge in [0.15, 0.2) is 5.78 Å². The molecule has 1 aliphatic heterocycles. The molecule has 0 amide bonds. The highest BCUT2D eigenvalue weighted by molar-refractivity contribution is 9.10. The number of nitrogens with zero attached hydrogens (tertiary/aromatic N) is 2. The van der Waals surface area contributed by atoms with Crippen molar-refractivity contribution in [2.24, 2.45) is 14.1 Å². The predicted octanol–water partition coefficient (Wildman–Crippen LogP) is 2.41. The molecule has 0 saturated carbocycles. The lowest BCUT2D eigenvalue weighted by Gasteiger charge is -2.34. The lowest BCUT2D eigenvalue weighted by Crippen LogP contribution is -2.44. The van der Waals surface area contributed by atoms with E-state index in [0.717, 1.165) is 33.1 Å². The topological polar surface area (TPSA) is 73.1 Å². The molecule has 1 aromatic heterocycles. The number of carbonyl (C=O) groups excluding carboxylic acids is 1. The molecule has 1 aromatic carbocycles. The van der Waals surface area contributed by atoms with Gasteiger partial charge in [0.25, 0.3) is 5.56 Å². The summed E-state index contributed by atoms with van der Waals surface area (Å²) in [4.78, 5) is 38.2. The Morgan fingerprint density at radius 1 is 1.08 bits per heavy atom. The van der Waals surface area contributed by atoms with E-state index in [1.165, 1.54) is 11.6 Å². The maximum absolute atomic E-state index is 13.0. The van der Waals surface area contributed by atoms with E-state index in [1.54, 1.807) is 7.05 Å². The fraction of sp³-hybridized carbons (Fsp3) is 0.316. The van der Waals surface area contributed by atoms with Gasteiger partial charge < -0.3 is 5.32 Å². The number of ketones is 1. The van der Waals surface area contributed by atoms with Crippen LogP contribution in [0.15, 0.2) is 49.6 Å². The number of carbonyl (C=O) groups is 1. The highest BCUT2D eigenvalue weighted by Crippen LogP contribution is 2.45. The Hall–Kier alpha value is -2.41. The minimum absolute atomic E-state index is 0.0565. The van der Waals surface area contributed by atoms with Crippen molar-refractivity contribution < 1.29 is 4.79 Å². The number of anilines is 1. The second kappa shape index (κ2) is 6.09. The first-order chi connectivity index (χ1) is 12.4. The minimum Gasteiger partial charge on any atom is -0.344 e. The van der Waals surface area contributed by atoms with Gasteiger partial charge in [-0.3, -0.25) is 18.7 Å². The number of hydrogen-bond acceptors (Lipinski definition) is 4. The highest BCUT2D eigenvalue weighted by atomic mass is 79.9. The summed E-state index contributed by atoms with van der Waals surface area (Å²) >= 11 is 3.56. The molecule has 0 fully saturated rings. The van der Waals surface area contributed by atoms with Gasteiger partial charge in [-0.25, -0.2) is 4.79 Å². The maximum atomic E-state index is 13.0. The van der Waals surface area contributed by atoms with Gasteiger partial charge in [-0.2, -0.15) is 0 Å². The van der Waals surface area contributed by atoms with Crippen LogP contribution in [0, 0.1) is 0 Å². The van der Waals surface area contributed by atoms with E-state index in [9.17, 15) is 14.4 Å². The summed E-state index contributed by atoms with van der Waals surface area (Å²) in [6, 6.07) is 7.60. The molecule has 0 radical (unpaired) electrons. The van der Waals surface area contributed by atoms with Gasteiger partial charge in [0.05, 0.1) is 5.56 Å². The van der Waals surface area contributed by atoms with Gasteiger partial charge in [-0.05, 0) is 24.5 Å². The molecule has 6 nitrogen and oxygen atoms in total. The summed E-state index contributed by atoms with van der Waals surface area (Å²) in [5, 5.41) is 3.22. The number of fused-ring (bicyclic) bond motifs is 1. The Balaban J connectivity index is 2.12. The molecule has 7 heteroatoms. The average Bonchev–Trinajstić information content (AvgIpc) is 2.64. The SMILES string of the molecule is Cn1c2c(c(=O)n(C)c1=O)[C@H](c1ccccc1Br)C1=C(CCCC1=O)N2. The first-order valence-electron chi connectivity index (χ1n) is 8.49. The minimum atomic E-state index is -0.491. The van der Waals surface area contributed by atoms with Crippen LogP contribution in [0.3, 0.4) is 0 Å². The second-order valence-corrected chi connectivity index (χ2v) is 7.57. The van der Waals surface area contributed by atoms with Crippen LogP contribution in [-0.4, -0.2) is 14.9 Å². The van der Waals surface area contributed by atoms with Gasteiger partial charge in [-0.1, -0.05) is 34.1 Å². The molecular formula is C19H18BrN3O3. The summed E-state index contributed by atoms with van der Waals surface area (Å²) in [7, 11) is 3.11. The number of benzene rings is 1. The first-order valence-corrected chi connectivity index (χ1v) is 9.28. The molecule has 1 aliphatic carbocycles. The quantitative estimate of drug-likeness (QED) is 0.775. The Morgan fingerprint density at radius 3 is 2.54 bits per heavy atom. The van der Waals surface area contributed by atoms with Crippen LogP contribution >= 0.6 is 15.9 Å². The Bertz CT molecular complexity index is 1090. The summed E-state index contributed by atoms with van der Waals surface area (Å²) in [5.74, 6) is 0.0449. The zero-order valence-electron chi connectivity index (χ0n) is 14.5. The van der Waals surface area contributed by atoms with E-state index in [-0.39, 0.29) is 11.3 Å². The van der Waals surface area contributed by atoms with Crippen LogP contribution in [-0.2, 0) is 18.9 Å². The number of nitrogens with one attached hydrogen (secondary N) is 1. The fourth-order valence-electron chi connectivity index (χ4n) is 3.92. The molecule has 0 unspecified atom stereocenters. The molecule has 2 heterocycles. The fourth-order valence-corrected chi connectivity index (χ4v) is 4.43. The number of halogens is 1. The molecule has 1 N–H and O–H groups in total. The third kappa shape index (κ3) is 2.34. The Morgan fingerprint density at radius 2 is 1.81 bits per heavy atom. The largest absolute Gasteiger partial charge is 0.344 e. The van der Waals surface area contributed by atoms with Crippen molar-refractivity contribution in [1.82, 2.24) is 9.13 Å². The summed E-state index contributed by atoms with van der Waals surface area (Å²) in [5.41, 5.74) is 1.99. The van der Waals surface area contributed by atoms with E-state index in [0.29, 0.717) is 23.4 Å². The van der Waals surface area contributed by atoms with Crippen molar-refractivity contribution in [1.29, 1.82) is 0 Å². The third-order valence-corrected chi connectivity index (χ3v) is 5.94. The van der Waals surface area contributed by atoms with Crippen molar-refractivity contribution >= 4 is 27.5 Å². The predicted molar refractivity (Wildman–Crippen MR) is 102 cm³/mol. The van der Waals surface area contributed by atoms with E-state index >= 15 is 0 Å². The zero-order valence-corrected chi connectivity index (χ0v) is 16.1. The molecular weight excluding hydrogens is 398 g/mol. The molecule has 0 saturated heterocycles. The van der Waals surface area contributed by atoms with Crippen LogP contribution in [0.5, 0.6) is 0 Å².